The molecule has 6 heteroatoms. The van der Waals surface area contributed by atoms with Gasteiger partial charge < -0.3 is 11.5 Å². The summed E-state index contributed by atoms with van der Waals surface area (Å²) in [4.78, 5) is 2.83. The molecule has 0 saturated carbocycles. The van der Waals surface area contributed by atoms with E-state index in [2.05, 4.69) is 48.5 Å². The van der Waals surface area contributed by atoms with E-state index in [-0.39, 0.29) is 24.8 Å². The molecule has 0 aliphatic heterocycles. The number of hydrogen-bond donors (Lipinski definition) is 2. The van der Waals surface area contributed by atoms with Crippen LogP contribution in [0.1, 0.15) is 25.7 Å². The third-order valence-corrected chi connectivity index (χ3v) is 6.96. The lowest BCUT2D eigenvalue weighted by molar-refractivity contribution is 0.814. The van der Waals surface area contributed by atoms with Crippen LogP contribution in [-0.4, -0.2) is 24.6 Å². The molecule has 0 amide bonds. The van der Waals surface area contributed by atoms with Crippen LogP contribution in [0, 0.1) is 0 Å². The van der Waals surface area contributed by atoms with E-state index in [0.717, 1.165) is 37.4 Å². The van der Waals surface area contributed by atoms with Crippen LogP contribution in [0.25, 0.3) is 21.5 Å². The van der Waals surface area contributed by atoms with Gasteiger partial charge in [0, 0.05) is 9.79 Å². The molecule has 0 radical (unpaired) electrons. The molecule has 0 aliphatic rings. The maximum atomic E-state index is 5.66. The molecule has 0 unspecified atom stereocenters. The third-order valence-electron chi connectivity index (χ3n) is 4.52. The standard InChI is InChI=1S/C22H28N2S2.2ClH/c23-13-5-7-15-25-21-17-9-1-2-10-18(17)22(26-16-8-6-14-24)20-12-4-3-11-19(20)21;;/h1-4,9-12H,5-8,13-16,23-24H2;2*1H. The first kappa shape index (κ1) is 25.4. The largest absolute Gasteiger partial charge is 0.330 e. The average Bonchev–Trinajstić information content (AvgIpc) is 2.69. The Balaban J connectivity index is 0.00000196. The number of unbranched alkanes of at least 4 members (excludes halogenated alkanes) is 2. The van der Waals surface area contributed by atoms with Crippen molar-refractivity contribution >= 4 is 69.9 Å². The van der Waals surface area contributed by atoms with Gasteiger partial charge in [0.15, 0.2) is 0 Å². The first-order chi connectivity index (χ1) is 12.9. The highest BCUT2D eigenvalue weighted by atomic mass is 35.5. The molecular formula is C22H30Cl2N2S2. The van der Waals surface area contributed by atoms with E-state index in [0.29, 0.717) is 0 Å². The van der Waals surface area contributed by atoms with Crippen molar-refractivity contribution < 1.29 is 0 Å². The van der Waals surface area contributed by atoms with Gasteiger partial charge in [-0.2, -0.15) is 0 Å². The van der Waals surface area contributed by atoms with Crippen molar-refractivity contribution in [3.8, 4) is 0 Å². The minimum atomic E-state index is 0. The molecule has 3 aromatic rings. The zero-order chi connectivity index (χ0) is 18.2. The lowest BCUT2D eigenvalue weighted by atomic mass is 10.0. The first-order valence-electron chi connectivity index (χ1n) is 9.46. The molecule has 154 valence electrons. The first-order valence-corrected chi connectivity index (χ1v) is 11.4. The van der Waals surface area contributed by atoms with Gasteiger partial charge in [0.1, 0.15) is 0 Å². The summed E-state index contributed by atoms with van der Waals surface area (Å²) in [6, 6.07) is 17.7. The molecule has 2 nitrogen and oxygen atoms in total. The van der Waals surface area contributed by atoms with Crippen molar-refractivity contribution in [3.63, 3.8) is 0 Å². The lowest BCUT2D eigenvalue weighted by Gasteiger charge is -2.16. The maximum Gasteiger partial charge on any atom is 0.0230 e. The Labute approximate surface area is 189 Å². The summed E-state index contributed by atoms with van der Waals surface area (Å²) in [5.41, 5.74) is 11.3. The Morgan fingerprint density at radius 3 is 1.14 bits per heavy atom. The normalized spacial score (nSPS) is 10.6. The Kier molecular flexibility index (Phi) is 12.3. The van der Waals surface area contributed by atoms with Gasteiger partial charge in [-0.05, 0) is 71.8 Å². The molecule has 28 heavy (non-hydrogen) atoms. The molecule has 3 rings (SSSR count). The van der Waals surface area contributed by atoms with Crippen molar-refractivity contribution in [3.05, 3.63) is 48.5 Å². The molecule has 3 aromatic carbocycles. The van der Waals surface area contributed by atoms with Gasteiger partial charge in [-0.15, -0.1) is 48.3 Å². The second kappa shape index (κ2) is 13.6. The van der Waals surface area contributed by atoms with Gasteiger partial charge in [0.25, 0.3) is 0 Å². The molecule has 0 aromatic heterocycles. The molecule has 0 fully saturated rings. The maximum absolute atomic E-state index is 5.66. The molecular weight excluding hydrogens is 427 g/mol. The van der Waals surface area contributed by atoms with Gasteiger partial charge >= 0.3 is 0 Å². The van der Waals surface area contributed by atoms with Crippen molar-refractivity contribution in [1.29, 1.82) is 0 Å². The number of thioether (sulfide) groups is 2. The Bertz CT molecular complexity index is 731. The summed E-state index contributed by atoms with van der Waals surface area (Å²) >= 11 is 3.96. The number of halogens is 2. The topological polar surface area (TPSA) is 52.0 Å². The monoisotopic (exact) mass is 456 g/mol. The smallest absolute Gasteiger partial charge is 0.0230 e. The summed E-state index contributed by atoms with van der Waals surface area (Å²) in [5, 5.41) is 5.52. The zero-order valence-corrected chi connectivity index (χ0v) is 19.3. The average molecular weight is 458 g/mol. The fraction of sp³-hybridized carbons (Fsp3) is 0.364. The van der Waals surface area contributed by atoms with Crippen molar-refractivity contribution in [2.75, 3.05) is 24.6 Å². The fourth-order valence-electron chi connectivity index (χ4n) is 3.20. The highest BCUT2D eigenvalue weighted by molar-refractivity contribution is 8.00. The van der Waals surface area contributed by atoms with Gasteiger partial charge in [-0.3, -0.25) is 0 Å². The van der Waals surface area contributed by atoms with Crippen LogP contribution in [-0.2, 0) is 0 Å². The SMILES string of the molecule is Cl.Cl.NCCCCSc1c2ccccc2c(SCCCCN)c2ccccc12. The van der Waals surface area contributed by atoms with Crippen molar-refractivity contribution in [1.82, 2.24) is 0 Å². The molecule has 0 bridgehead atoms. The quantitative estimate of drug-likeness (QED) is 0.207. The Morgan fingerprint density at radius 1 is 0.536 bits per heavy atom. The van der Waals surface area contributed by atoms with Crippen LogP contribution in [0.2, 0.25) is 0 Å². The van der Waals surface area contributed by atoms with Gasteiger partial charge in [-0.25, -0.2) is 0 Å². The lowest BCUT2D eigenvalue weighted by Crippen LogP contribution is -1.99. The van der Waals surface area contributed by atoms with Crippen LogP contribution >= 0.6 is 48.3 Å². The zero-order valence-electron chi connectivity index (χ0n) is 16.1. The van der Waals surface area contributed by atoms with Gasteiger partial charge in [-0.1, -0.05) is 48.5 Å². The molecule has 0 spiro atoms. The van der Waals surface area contributed by atoms with Crippen molar-refractivity contribution in [2.24, 2.45) is 11.5 Å². The Hall–Kier alpha value is -0.620. The summed E-state index contributed by atoms with van der Waals surface area (Å²) < 4.78 is 0. The number of fused-ring (bicyclic) bond motifs is 2. The highest BCUT2D eigenvalue weighted by Gasteiger charge is 2.14. The second-order valence-electron chi connectivity index (χ2n) is 6.44. The highest BCUT2D eigenvalue weighted by Crippen LogP contribution is 2.43. The predicted molar refractivity (Wildman–Crippen MR) is 134 cm³/mol. The summed E-state index contributed by atoms with van der Waals surface area (Å²) in [7, 11) is 0. The Morgan fingerprint density at radius 2 is 0.857 bits per heavy atom. The van der Waals surface area contributed by atoms with Crippen LogP contribution < -0.4 is 11.5 Å². The van der Waals surface area contributed by atoms with Crippen molar-refractivity contribution in [2.45, 2.75) is 35.5 Å². The van der Waals surface area contributed by atoms with Gasteiger partial charge in [0.2, 0.25) is 0 Å². The van der Waals surface area contributed by atoms with E-state index in [9.17, 15) is 0 Å². The van der Waals surface area contributed by atoms with Crippen LogP contribution in [0.3, 0.4) is 0 Å². The fourth-order valence-corrected chi connectivity index (χ4v) is 5.64. The molecule has 0 heterocycles. The van der Waals surface area contributed by atoms with E-state index in [4.69, 9.17) is 11.5 Å². The van der Waals surface area contributed by atoms with E-state index < -0.39 is 0 Å². The minimum Gasteiger partial charge on any atom is -0.330 e. The number of benzene rings is 3. The number of rotatable bonds is 10. The summed E-state index contributed by atoms with van der Waals surface area (Å²) in [6.45, 7) is 1.56. The third kappa shape index (κ3) is 6.19. The molecule has 0 saturated heterocycles. The molecule has 4 N–H and O–H groups in total. The summed E-state index contributed by atoms with van der Waals surface area (Å²) in [6.07, 6.45) is 4.52. The predicted octanol–water partition coefficient (Wildman–Crippen LogP) is 6.50. The van der Waals surface area contributed by atoms with Crippen LogP contribution in [0.4, 0.5) is 0 Å². The number of nitrogens with two attached hydrogens (primary N) is 2. The van der Waals surface area contributed by atoms with Gasteiger partial charge in [0.05, 0.1) is 0 Å². The van der Waals surface area contributed by atoms with E-state index in [1.165, 1.54) is 44.2 Å². The second-order valence-corrected chi connectivity index (χ2v) is 8.65. The number of hydrogen-bond acceptors (Lipinski definition) is 4. The van der Waals surface area contributed by atoms with E-state index in [1.54, 1.807) is 0 Å². The molecule has 0 atom stereocenters. The summed E-state index contributed by atoms with van der Waals surface area (Å²) in [5.74, 6) is 2.24. The van der Waals surface area contributed by atoms with Crippen LogP contribution in [0.15, 0.2) is 58.3 Å². The molecule has 0 aliphatic carbocycles. The minimum absolute atomic E-state index is 0. The van der Waals surface area contributed by atoms with Crippen LogP contribution in [0.5, 0.6) is 0 Å². The van der Waals surface area contributed by atoms with E-state index >= 15 is 0 Å². The van der Waals surface area contributed by atoms with E-state index in [1.807, 2.05) is 23.5 Å².